The lowest BCUT2D eigenvalue weighted by Crippen LogP contribution is -2.42. The van der Waals surface area contributed by atoms with Crippen LogP contribution in [0.3, 0.4) is 0 Å². The number of carbonyl (C=O) groups excluding carboxylic acids is 1. The average Bonchev–Trinajstić information content (AvgIpc) is 3.72. The van der Waals surface area contributed by atoms with Crippen molar-refractivity contribution in [2.45, 2.75) is 32.1 Å². The molecule has 0 spiro atoms. The van der Waals surface area contributed by atoms with Crippen LogP contribution in [0.2, 0.25) is 0 Å². The molecule has 1 aromatic carbocycles. The van der Waals surface area contributed by atoms with Gasteiger partial charge in [0.15, 0.2) is 5.82 Å². The van der Waals surface area contributed by atoms with E-state index >= 15 is 0 Å². The standard InChI is InChI=1S/C27H29N5O3/c1-18-17-32(27(33)31-25-15-30-26(34-2)16-29-25)11-10-21(18)12-19-4-3-5-22(13-19)35-23-8-9-24(28-14-23)20-6-7-20/h3-5,8-9,12-16,18,20H,6-7,10-11,17H2,1-2H3,(H,29,31,33). The van der Waals surface area contributed by atoms with Crippen LogP contribution >= 0.6 is 0 Å². The van der Waals surface area contributed by atoms with E-state index in [9.17, 15) is 4.79 Å². The normalized spacial score (nSPS) is 18.9. The molecular formula is C27H29N5O3. The fourth-order valence-corrected chi connectivity index (χ4v) is 4.21. The fourth-order valence-electron chi connectivity index (χ4n) is 4.21. The van der Waals surface area contributed by atoms with Crippen molar-refractivity contribution in [1.82, 2.24) is 19.9 Å². The van der Waals surface area contributed by atoms with Crippen molar-refractivity contribution < 1.29 is 14.3 Å². The topological polar surface area (TPSA) is 89.5 Å². The Kier molecular flexibility index (Phi) is 6.61. The van der Waals surface area contributed by atoms with Gasteiger partial charge in [-0.25, -0.2) is 14.8 Å². The van der Waals surface area contributed by atoms with Gasteiger partial charge < -0.3 is 14.4 Å². The Hall–Kier alpha value is -3.94. The maximum atomic E-state index is 12.7. The first-order chi connectivity index (χ1) is 17.1. The smallest absolute Gasteiger partial charge is 0.323 e. The summed E-state index contributed by atoms with van der Waals surface area (Å²) in [6.45, 7) is 3.42. The van der Waals surface area contributed by atoms with Crippen LogP contribution in [-0.2, 0) is 0 Å². The molecule has 1 saturated carbocycles. The number of nitrogens with zero attached hydrogens (tertiary/aromatic N) is 4. The lowest BCUT2D eigenvalue weighted by molar-refractivity contribution is 0.197. The van der Waals surface area contributed by atoms with Crippen LogP contribution in [0.1, 0.15) is 43.4 Å². The summed E-state index contributed by atoms with van der Waals surface area (Å²) in [5, 5.41) is 2.81. The van der Waals surface area contributed by atoms with Crippen molar-refractivity contribution in [3.8, 4) is 17.4 Å². The van der Waals surface area contributed by atoms with E-state index in [1.165, 1.54) is 37.9 Å². The number of nitrogens with one attached hydrogen (secondary N) is 1. The van der Waals surface area contributed by atoms with Crippen LogP contribution in [0.4, 0.5) is 10.6 Å². The molecule has 2 amide bonds. The number of likely N-dealkylation sites (tertiary alicyclic amines) is 1. The maximum Gasteiger partial charge on any atom is 0.323 e. The zero-order valence-electron chi connectivity index (χ0n) is 20.0. The molecule has 0 radical (unpaired) electrons. The van der Waals surface area contributed by atoms with Crippen LogP contribution in [0.5, 0.6) is 17.4 Å². The first-order valence-electron chi connectivity index (χ1n) is 11.9. The average molecular weight is 472 g/mol. The number of rotatable bonds is 6. The Morgan fingerprint density at radius 1 is 1.09 bits per heavy atom. The second kappa shape index (κ2) is 10.1. The molecule has 1 aliphatic heterocycles. The first kappa shape index (κ1) is 22.8. The van der Waals surface area contributed by atoms with Gasteiger partial charge in [0.2, 0.25) is 5.88 Å². The molecule has 1 unspecified atom stereocenters. The zero-order valence-corrected chi connectivity index (χ0v) is 20.0. The number of ether oxygens (including phenoxy) is 2. The largest absolute Gasteiger partial charge is 0.480 e. The minimum atomic E-state index is -0.174. The molecule has 1 aliphatic carbocycles. The summed E-state index contributed by atoms with van der Waals surface area (Å²) in [4.78, 5) is 27.3. The Morgan fingerprint density at radius 3 is 2.66 bits per heavy atom. The van der Waals surface area contributed by atoms with Gasteiger partial charge in [-0.15, -0.1) is 0 Å². The van der Waals surface area contributed by atoms with Crippen molar-refractivity contribution in [2.75, 3.05) is 25.5 Å². The molecule has 8 heteroatoms. The molecule has 2 aromatic heterocycles. The molecular weight excluding hydrogens is 442 g/mol. The molecule has 1 saturated heterocycles. The van der Waals surface area contributed by atoms with Gasteiger partial charge in [-0.2, -0.15) is 0 Å². The van der Waals surface area contributed by atoms with Gasteiger partial charge in [-0.1, -0.05) is 30.7 Å². The van der Waals surface area contributed by atoms with Crippen molar-refractivity contribution in [2.24, 2.45) is 5.92 Å². The van der Waals surface area contributed by atoms with Crippen LogP contribution in [0, 0.1) is 5.92 Å². The number of aromatic nitrogens is 3. The fraction of sp³-hybridized carbons (Fsp3) is 0.333. The number of amides is 2. The SMILES string of the molecule is COc1cnc(NC(=O)N2CCC(=Cc3cccc(Oc4ccc(C5CC5)nc4)c3)C(C)C2)cn1. The summed E-state index contributed by atoms with van der Waals surface area (Å²) >= 11 is 0. The van der Waals surface area contributed by atoms with Crippen LogP contribution < -0.4 is 14.8 Å². The highest BCUT2D eigenvalue weighted by atomic mass is 16.5. The van der Waals surface area contributed by atoms with Crippen molar-refractivity contribution in [1.29, 1.82) is 0 Å². The van der Waals surface area contributed by atoms with E-state index in [2.05, 4.69) is 45.4 Å². The summed E-state index contributed by atoms with van der Waals surface area (Å²) < 4.78 is 11.0. The zero-order chi connectivity index (χ0) is 24.2. The molecule has 3 heterocycles. The first-order valence-corrected chi connectivity index (χ1v) is 11.9. The van der Waals surface area contributed by atoms with E-state index in [0.717, 1.165) is 29.2 Å². The van der Waals surface area contributed by atoms with E-state index in [0.29, 0.717) is 30.7 Å². The lowest BCUT2D eigenvalue weighted by atomic mass is 9.91. The molecule has 8 nitrogen and oxygen atoms in total. The Morgan fingerprint density at radius 2 is 1.97 bits per heavy atom. The predicted molar refractivity (Wildman–Crippen MR) is 134 cm³/mol. The Labute approximate surface area is 205 Å². The summed E-state index contributed by atoms with van der Waals surface area (Å²) in [7, 11) is 1.52. The molecule has 2 aliphatic rings. The highest BCUT2D eigenvalue weighted by molar-refractivity contribution is 5.88. The quantitative estimate of drug-likeness (QED) is 0.510. The van der Waals surface area contributed by atoms with Gasteiger partial charge in [0, 0.05) is 24.7 Å². The van der Waals surface area contributed by atoms with Crippen LogP contribution in [0.25, 0.3) is 6.08 Å². The van der Waals surface area contributed by atoms with Crippen molar-refractivity contribution >= 4 is 17.9 Å². The third-order valence-electron chi connectivity index (χ3n) is 6.36. The summed E-state index contributed by atoms with van der Waals surface area (Å²) in [6.07, 6.45) is 10.3. The number of urea groups is 1. The number of anilines is 1. The summed E-state index contributed by atoms with van der Waals surface area (Å²) in [5.74, 6) is 3.20. The molecule has 2 fully saturated rings. The molecule has 35 heavy (non-hydrogen) atoms. The molecule has 1 N–H and O–H groups in total. The van der Waals surface area contributed by atoms with Crippen molar-refractivity contribution in [3.63, 3.8) is 0 Å². The number of hydrogen-bond donors (Lipinski definition) is 1. The van der Waals surface area contributed by atoms with Gasteiger partial charge >= 0.3 is 6.03 Å². The van der Waals surface area contributed by atoms with Gasteiger partial charge in [0.05, 0.1) is 25.7 Å². The second-order valence-corrected chi connectivity index (χ2v) is 9.06. The van der Waals surface area contributed by atoms with E-state index < -0.39 is 0 Å². The van der Waals surface area contributed by atoms with E-state index in [1.807, 2.05) is 29.2 Å². The highest BCUT2D eigenvalue weighted by Crippen LogP contribution is 2.39. The van der Waals surface area contributed by atoms with E-state index in [1.54, 1.807) is 6.20 Å². The van der Waals surface area contributed by atoms with E-state index in [-0.39, 0.29) is 11.9 Å². The highest BCUT2D eigenvalue weighted by Gasteiger charge is 2.25. The van der Waals surface area contributed by atoms with Gasteiger partial charge in [0.25, 0.3) is 0 Å². The van der Waals surface area contributed by atoms with Gasteiger partial charge in [-0.05, 0) is 55.0 Å². The summed E-state index contributed by atoms with van der Waals surface area (Å²) in [5.41, 5.74) is 3.55. The number of pyridine rings is 1. The molecule has 3 aromatic rings. The second-order valence-electron chi connectivity index (χ2n) is 9.06. The minimum absolute atomic E-state index is 0.174. The molecule has 180 valence electrons. The number of benzene rings is 1. The third kappa shape index (κ3) is 5.77. The van der Waals surface area contributed by atoms with Gasteiger partial charge in [-0.3, -0.25) is 10.3 Å². The van der Waals surface area contributed by atoms with Crippen LogP contribution in [0.15, 0.2) is 60.6 Å². The predicted octanol–water partition coefficient (Wildman–Crippen LogP) is 5.51. The number of methoxy groups -OCH3 is 1. The number of hydrogen-bond acceptors (Lipinski definition) is 6. The molecule has 1 atom stereocenters. The summed E-state index contributed by atoms with van der Waals surface area (Å²) in [6, 6.07) is 11.9. The van der Waals surface area contributed by atoms with Gasteiger partial charge in [0.1, 0.15) is 11.5 Å². The monoisotopic (exact) mass is 471 g/mol. The minimum Gasteiger partial charge on any atom is -0.480 e. The molecule has 5 rings (SSSR count). The van der Waals surface area contributed by atoms with Crippen molar-refractivity contribution in [3.05, 3.63) is 71.8 Å². The number of carbonyl (C=O) groups is 1. The molecule has 0 bridgehead atoms. The number of piperidine rings is 1. The lowest BCUT2D eigenvalue weighted by Gasteiger charge is -2.33. The third-order valence-corrected chi connectivity index (χ3v) is 6.36. The Balaban J connectivity index is 1.19. The maximum absolute atomic E-state index is 12.7. The van der Waals surface area contributed by atoms with E-state index in [4.69, 9.17) is 9.47 Å². The van der Waals surface area contributed by atoms with Crippen LogP contribution in [-0.4, -0.2) is 46.1 Å². The Bertz CT molecular complexity index is 1210.